The van der Waals surface area contributed by atoms with Crippen LogP contribution in [0.25, 0.3) is 5.57 Å². The second-order valence-corrected chi connectivity index (χ2v) is 8.16. The number of nitrogens with one attached hydrogen (secondary N) is 1. The largest absolute Gasteiger partial charge is 0.525 e. The van der Waals surface area contributed by atoms with Crippen molar-refractivity contribution >= 4 is 12.7 Å². The van der Waals surface area contributed by atoms with E-state index in [1.807, 2.05) is 27.7 Å². The van der Waals surface area contributed by atoms with Gasteiger partial charge in [-0.1, -0.05) is 0 Å². The SMILES string of the molecule is CC1(C)OB(C(F)=C2CC3(CNC3)Oc3ccc(O)cc32)OC1(C)C. The van der Waals surface area contributed by atoms with E-state index in [0.717, 1.165) is 0 Å². The number of fused-ring (bicyclic) bond motifs is 1. The predicted molar refractivity (Wildman–Crippen MR) is 93.1 cm³/mol. The molecule has 7 heteroatoms. The van der Waals surface area contributed by atoms with Crippen LogP contribution in [0.1, 0.15) is 39.7 Å². The number of hydrogen-bond acceptors (Lipinski definition) is 5. The van der Waals surface area contributed by atoms with Gasteiger partial charge in [-0.15, -0.1) is 0 Å². The van der Waals surface area contributed by atoms with Crippen molar-refractivity contribution in [2.45, 2.75) is 50.9 Å². The maximum Gasteiger partial charge on any atom is 0.525 e. The lowest BCUT2D eigenvalue weighted by Gasteiger charge is -2.46. The van der Waals surface area contributed by atoms with Crippen LogP contribution >= 0.6 is 0 Å². The zero-order valence-corrected chi connectivity index (χ0v) is 15.0. The van der Waals surface area contributed by atoms with Crippen molar-refractivity contribution in [3.05, 3.63) is 29.5 Å². The minimum Gasteiger partial charge on any atom is -0.508 e. The molecule has 0 amide bonds. The van der Waals surface area contributed by atoms with E-state index in [-0.39, 0.29) is 5.75 Å². The number of benzene rings is 1. The van der Waals surface area contributed by atoms with Gasteiger partial charge in [-0.05, 0) is 51.5 Å². The number of phenolic OH excluding ortho intramolecular Hbond substituents is 1. The smallest absolute Gasteiger partial charge is 0.508 e. The van der Waals surface area contributed by atoms with E-state index in [9.17, 15) is 5.11 Å². The summed E-state index contributed by atoms with van der Waals surface area (Å²) < 4.78 is 33.3. The van der Waals surface area contributed by atoms with Gasteiger partial charge in [-0.25, -0.2) is 4.39 Å². The summed E-state index contributed by atoms with van der Waals surface area (Å²) in [7, 11) is -1.06. The fourth-order valence-electron chi connectivity index (χ4n) is 3.43. The molecule has 3 aliphatic heterocycles. The fourth-order valence-corrected chi connectivity index (χ4v) is 3.43. The second-order valence-electron chi connectivity index (χ2n) is 8.16. The molecule has 4 rings (SSSR count). The number of phenols is 1. The van der Waals surface area contributed by atoms with Crippen molar-refractivity contribution in [1.82, 2.24) is 5.32 Å². The number of hydrogen-bond donors (Lipinski definition) is 2. The molecule has 2 N–H and O–H groups in total. The lowest BCUT2D eigenvalue weighted by atomic mass is 9.76. The van der Waals surface area contributed by atoms with Crippen LogP contribution in [-0.2, 0) is 9.31 Å². The van der Waals surface area contributed by atoms with E-state index >= 15 is 4.39 Å². The Morgan fingerprint density at radius 2 is 1.80 bits per heavy atom. The van der Waals surface area contributed by atoms with Crippen LogP contribution in [0.2, 0.25) is 0 Å². The molecule has 5 nitrogen and oxygen atoms in total. The molecule has 0 bridgehead atoms. The molecule has 1 aromatic rings. The molecule has 0 radical (unpaired) electrons. The Labute approximate surface area is 147 Å². The van der Waals surface area contributed by atoms with E-state index in [0.29, 0.717) is 36.4 Å². The third kappa shape index (κ3) is 2.57. The van der Waals surface area contributed by atoms with Gasteiger partial charge in [-0.2, -0.15) is 0 Å². The molecule has 1 aromatic carbocycles. The molecule has 25 heavy (non-hydrogen) atoms. The molecule has 0 atom stereocenters. The topological polar surface area (TPSA) is 60.0 Å². The van der Waals surface area contributed by atoms with Crippen molar-refractivity contribution in [3.63, 3.8) is 0 Å². The van der Waals surface area contributed by atoms with Crippen LogP contribution < -0.4 is 10.1 Å². The molecule has 0 unspecified atom stereocenters. The summed E-state index contributed by atoms with van der Waals surface area (Å²) in [6.07, 6.45) is 0.409. The van der Waals surface area contributed by atoms with Gasteiger partial charge in [0.25, 0.3) is 0 Å². The molecule has 0 aromatic heterocycles. The van der Waals surface area contributed by atoms with Gasteiger partial charge < -0.3 is 24.5 Å². The van der Waals surface area contributed by atoms with Gasteiger partial charge in [0.05, 0.1) is 11.2 Å². The molecular weight excluding hydrogens is 324 g/mol. The first-order valence-corrected chi connectivity index (χ1v) is 8.60. The van der Waals surface area contributed by atoms with Gasteiger partial charge in [0, 0.05) is 25.1 Å². The van der Waals surface area contributed by atoms with E-state index < -0.39 is 29.6 Å². The number of ether oxygens (including phenoxy) is 1. The quantitative estimate of drug-likeness (QED) is 0.765. The highest BCUT2D eigenvalue weighted by atomic mass is 19.1. The molecule has 0 saturated carbocycles. The molecule has 0 aliphatic carbocycles. The first-order valence-electron chi connectivity index (χ1n) is 8.60. The lowest BCUT2D eigenvalue weighted by molar-refractivity contribution is 0.00578. The maximum absolute atomic E-state index is 15.5. The average molecular weight is 347 g/mol. The van der Waals surface area contributed by atoms with E-state index in [2.05, 4.69) is 5.32 Å². The Morgan fingerprint density at radius 3 is 2.36 bits per heavy atom. The van der Waals surface area contributed by atoms with Crippen LogP contribution in [0, 0.1) is 0 Å². The Balaban J connectivity index is 1.78. The van der Waals surface area contributed by atoms with Crippen LogP contribution in [-0.4, -0.2) is 42.1 Å². The van der Waals surface area contributed by atoms with E-state index in [4.69, 9.17) is 14.0 Å². The van der Waals surface area contributed by atoms with Gasteiger partial charge in [-0.3, -0.25) is 0 Å². The molecule has 134 valence electrons. The minimum absolute atomic E-state index is 0.0734. The average Bonchev–Trinajstić information content (AvgIpc) is 2.72. The number of aromatic hydroxyl groups is 1. The van der Waals surface area contributed by atoms with Crippen LogP contribution in [0.5, 0.6) is 11.5 Å². The van der Waals surface area contributed by atoms with Crippen molar-refractivity contribution in [2.75, 3.05) is 13.1 Å². The van der Waals surface area contributed by atoms with Gasteiger partial charge >= 0.3 is 7.12 Å². The lowest BCUT2D eigenvalue weighted by Crippen LogP contribution is -2.64. The molecular formula is C18H23BFNO4. The summed E-state index contributed by atoms with van der Waals surface area (Å²) in [4.78, 5) is 0. The van der Waals surface area contributed by atoms with Gasteiger partial charge in [0.15, 0.2) is 0 Å². The molecule has 1 spiro atoms. The van der Waals surface area contributed by atoms with Crippen molar-refractivity contribution in [3.8, 4) is 11.5 Å². The first-order chi connectivity index (χ1) is 11.6. The molecule has 3 heterocycles. The maximum atomic E-state index is 15.5. The van der Waals surface area contributed by atoms with Crippen LogP contribution in [0.4, 0.5) is 4.39 Å². The second kappa shape index (κ2) is 5.22. The van der Waals surface area contributed by atoms with Gasteiger partial charge in [0.2, 0.25) is 0 Å². The monoisotopic (exact) mass is 347 g/mol. The zero-order chi connectivity index (χ0) is 18.0. The highest BCUT2D eigenvalue weighted by Gasteiger charge is 2.55. The summed E-state index contributed by atoms with van der Waals surface area (Å²) >= 11 is 0. The predicted octanol–water partition coefficient (Wildman–Crippen LogP) is 2.83. The summed E-state index contributed by atoms with van der Waals surface area (Å²) in [5.41, 5.74) is -1.07. The Morgan fingerprint density at radius 1 is 1.16 bits per heavy atom. The van der Waals surface area contributed by atoms with E-state index in [1.165, 1.54) is 6.07 Å². The van der Waals surface area contributed by atoms with Crippen molar-refractivity contribution < 1.29 is 23.5 Å². The third-order valence-electron chi connectivity index (χ3n) is 5.76. The standard InChI is InChI=1S/C18H23BFNO4/c1-16(2)17(3,4)25-19(24-16)15(20)13-8-18(9-21-10-18)23-14-6-5-11(22)7-12(13)14/h5-7,21-22H,8-10H2,1-4H3. The summed E-state index contributed by atoms with van der Waals surface area (Å²) in [5, 5.41) is 13.0. The molecule has 2 fully saturated rings. The summed E-state index contributed by atoms with van der Waals surface area (Å²) in [5.74, 6) is 0.650. The van der Waals surface area contributed by atoms with Crippen molar-refractivity contribution in [2.24, 2.45) is 0 Å². The van der Waals surface area contributed by atoms with Crippen LogP contribution in [0.3, 0.4) is 0 Å². The fraction of sp³-hybridized carbons (Fsp3) is 0.556. The Bertz CT molecular complexity index is 741. The van der Waals surface area contributed by atoms with Crippen LogP contribution in [0.15, 0.2) is 23.9 Å². The number of halogens is 1. The third-order valence-corrected chi connectivity index (χ3v) is 5.76. The Kier molecular flexibility index (Phi) is 3.52. The Hall–Kier alpha value is -1.57. The van der Waals surface area contributed by atoms with E-state index in [1.54, 1.807) is 12.1 Å². The highest BCUT2D eigenvalue weighted by Crippen LogP contribution is 2.47. The minimum atomic E-state index is -1.06. The first kappa shape index (κ1) is 16.9. The molecule has 2 saturated heterocycles. The normalized spacial score (nSPS) is 27.5. The highest BCUT2D eigenvalue weighted by molar-refractivity contribution is 6.55. The molecule has 3 aliphatic rings. The summed E-state index contributed by atoms with van der Waals surface area (Å²) in [6, 6.07) is 4.77. The summed E-state index contributed by atoms with van der Waals surface area (Å²) in [6.45, 7) is 8.90. The zero-order valence-electron chi connectivity index (χ0n) is 15.0. The number of rotatable bonds is 1. The van der Waals surface area contributed by atoms with Gasteiger partial charge in [0.1, 0.15) is 22.8 Å². The van der Waals surface area contributed by atoms with Crippen molar-refractivity contribution in [1.29, 1.82) is 0 Å².